The van der Waals surface area contributed by atoms with Crippen LogP contribution in [0, 0.1) is 0 Å². The second-order valence-corrected chi connectivity index (χ2v) is 7.51. The molecule has 26 heavy (non-hydrogen) atoms. The van der Waals surface area contributed by atoms with E-state index in [0.29, 0.717) is 0 Å². The van der Waals surface area contributed by atoms with Crippen LogP contribution in [0.3, 0.4) is 0 Å². The molecule has 142 valence electrons. The first-order valence-electron chi connectivity index (χ1n) is 8.99. The largest absolute Gasteiger partial charge is 0.400 e. The van der Waals surface area contributed by atoms with Crippen LogP contribution in [-0.2, 0) is 6.42 Å². The Kier molecular flexibility index (Phi) is 8.39. The quantitative estimate of drug-likeness (QED) is 0.596. The van der Waals surface area contributed by atoms with Gasteiger partial charge < -0.3 is 15.9 Å². The highest BCUT2D eigenvalue weighted by Crippen LogP contribution is 2.35. The summed E-state index contributed by atoms with van der Waals surface area (Å²) in [4.78, 5) is 0. The lowest BCUT2D eigenvalue weighted by Crippen LogP contribution is -2.20. The van der Waals surface area contributed by atoms with Crippen molar-refractivity contribution in [1.29, 1.82) is 0 Å². The molecule has 0 saturated heterocycles. The van der Waals surface area contributed by atoms with E-state index in [2.05, 4.69) is 0 Å². The summed E-state index contributed by atoms with van der Waals surface area (Å²) in [5.74, 6) is 0. The fourth-order valence-electron chi connectivity index (χ4n) is 3.52. The van der Waals surface area contributed by atoms with Gasteiger partial charge in [0.1, 0.15) is 0 Å². The molecule has 4 N–H and O–H groups in total. The van der Waals surface area contributed by atoms with Gasteiger partial charge in [-0.15, -0.1) is 0 Å². The van der Waals surface area contributed by atoms with E-state index in [9.17, 15) is 0 Å². The number of hydrogen-bond acceptors (Lipinski definition) is 3. The van der Waals surface area contributed by atoms with Gasteiger partial charge in [0.25, 0.3) is 0 Å². The molecule has 0 amide bonds. The SMILES string of the molecule is CO.NC1c2ccc(Cl)cc2Cc2cc(Cl)ccc21.OC1CCCCC1. The Labute approximate surface area is 165 Å². The molecule has 0 bridgehead atoms. The smallest absolute Gasteiger partial charge is 0.0557 e. The maximum absolute atomic E-state index is 8.91. The molecule has 0 heterocycles. The molecule has 1 saturated carbocycles. The normalized spacial score (nSPS) is 16.4. The molecule has 2 aliphatic rings. The molecule has 2 aromatic carbocycles. The average molecular weight is 396 g/mol. The number of aliphatic hydroxyl groups excluding tert-OH is 2. The fourth-order valence-corrected chi connectivity index (χ4v) is 3.90. The lowest BCUT2D eigenvalue weighted by atomic mass is 9.83. The first kappa shape index (κ1) is 21.2. The predicted molar refractivity (Wildman–Crippen MR) is 109 cm³/mol. The van der Waals surface area contributed by atoms with Gasteiger partial charge in [-0.2, -0.15) is 0 Å². The zero-order chi connectivity index (χ0) is 19.1. The summed E-state index contributed by atoms with van der Waals surface area (Å²) in [6, 6.07) is 11.7. The Balaban J connectivity index is 0.000000227. The van der Waals surface area contributed by atoms with Crippen LogP contribution in [0.4, 0.5) is 0 Å². The van der Waals surface area contributed by atoms with Crippen molar-refractivity contribution in [2.75, 3.05) is 7.11 Å². The van der Waals surface area contributed by atoms with Crippen molar-refractivity contribution in [3.63, 3.8) is 0 Å². The molecular weight excluding hydrogens is 369 g/mol. The van der Waals surface area contributed by atoms with Crippen molar-refractivity contribution in [3.8, 4) is 0 Å². The minimum Gasteiger partial charge on any atom is -0.400 e. The van der Waals surface area contributed by atoms with Crippen LogP contribution < -0.4 is 5.73 Å². The highest BCUT2D eigenvalue weighted by molar-refractivity contribution is 6.31. The summed E-state index contributed by atoms with van der Waals surface area (Å²) in [5, 5.41) is 17.4. The minimum atomic E-state index is -0.0803. The van der Waals surface area contributed by atoms with Gasteiger partial charge in [-0.05, 0) is 65.8 Å². The lowest BCUT2D eigenvalue weighted by molar-refractivity contribution is 0.130. The number of hydrogen-bond donors (Lipinski definition) is 3. The summed E-state index contributed by atoms with van der Waals surface area (Å²) in [5.41, 5.74) is 11.0. The maximum atomic E-state index is 8.91. The highest BCUT2D eigenvalue weighted by atomic mass is 35.5. The molecule has 1 fully saturated rings. The average Bonchev–Trinajstić information content (AvgIpc) is 2.64. The van der Waals surface area contributed by atoms with Crippen molar-refractivity contribution in [1.82, 2.24) is 0 Å². The van der Waals surface area contributed by atoms with Crippen LogP contribution in [0.15, 0.2) is 36.4 Å². The number of nitrogens with two attached hydrogens (primary N) is 1. The number of fused-ring (bicyclic) bond motifs is 2. The van der Waals surface area contributed by atoms with Crippen molar-refractivity contribution < 1.29 is 10.2 Å². The van der Waals surface area contributed by atoms with Crippen LogP contribution in [0.5, 0.6) is 0 Å². The zero-order valence-corrected chi connectivity index (χ0v) is 16.6. The number of aliphatic hydroxyl groups is 2. The van der Waals surface area contributed by atoms with E-state index in [1.165, 1.54) is 30.4 Å². The standard InChI is InChI=1S/C14H11Cl2N.C6H12O.CH4O/c15-10-1-3-12-8(6-10)5-9-7-11(16)2-4-13(9)14(12)17;7-6-4-2-1-3-5-6;1-2/h1-4,6-7,14H,5,17H2;6-7H,1-5H2;2H,1H3. The second-order valence-electron chi connectivity index (χ2n) is 6.63. The fraction of sp³-hybridized carbons (Fsp3) is 0.429. The molecule has 2 aromatic rings. The van der Waals surface area contributed by atoms with E-state index >= 15 is 0 Å². The highest BCUT2D eigenvalue weighted by Gasteiger charge is 2.22. The Bertz CT molecular complexity index is 664. The van der Waals surface area contributed by atoms with Crippen LogP contribution in [0.25, 0.3) is 0 Å². The predicted octanol–water partition coefficient (Wildman–Crippen LogP) is 4.87. The molecule has 0 aliphatic heterocycles. The van der Waals surface area contributed by atoms with Crippen molar-refractivity contribution in [2.24, 2.45) is 5.73 Å². The van der Waals surface area contributed by atoms with E-state index in [1.807, 2.05) is 36.4 Å². The molecule has 4 rings (SSSR count). The van der Waals surface area contributed by atoms with E-state index in [0.717, 1.165) is 47.5 Å². The van der Waals surface area contributed by atoms with Gasteiger partial charge in [0, 0.05) is 17.2 Å². The topological polar surface area (TPSA) is 66.5 Å². The Morgan fingerprint density at radius 2 is 1.31 bits per heavy atom. The van der Waals surface area contributed by atoms with E-state index < -0.39 is 0 Å². The maximum Gasteiger partial charge on any atom is 0.0557 e. The molecule has 0 aromatic heterocycles. The Morgan fingerprint density at radius 1 is 0.846 bits per heavy atom. The van der Waals surface area contributed by atoms with Crippen LogP contribution >= 0.6 is 23.2 Å². The summed E-state index contributed by atoms with van der Waals surface area (Å²) < 4.78 is 0. The minimum absolute atomic E-state index is 0.0359. The molecule has 3 nitrogen and oxygen atoms in total. The zero-order valence-electron chi connectivity index (χ0n) is 15.1. The summed E-state index contributed by atoms with van der Waals surface area (Å²) >= 11 is 12.0. The van der Waals surface area contributed by atoms with Crippen LogP contribution in [-0.4, -0.2) is 23.4 Å². The number of halogens is 2. The summed E-state index contributed by atoms with van der Waals surface area (Å²) in [7, 11) is 1.00. The van der Waals surface area contributed by atoms with Crippen molar-refractivity contribution in [3.05, 3.63) is 68.7 Å². The van der Waals surface area contributed by atoms with Gasteiger partial charge in [-0.25, -0.2) is 0 Å². The monoisotopic (exact) mass is 395 g/mol. The third-order valence-corrected chi connectivity index (χ3v) is 5.31. The van der Waals surface area contributed by atoms with Gasteiger partial charge in [0.15, 0.2) is 0 Å². The lowest BCUT2D eigenvalue weighted by Gasteiger charge is -2.26. The van der Waals surface area contributed by atoms with Crippen LogP contribution in [0.1, 0.15) is 60.4 Å². The van der Waals surface area contributed by atoms with E-state index in [4.69, 9.17) is 39.1 Å². The van der Waals surface area contributed by atoms with Gasteiger partial charge >= 0.3 is 0 Å². The second kappa shape index (κ2) is 10.3. The van der Waals surface area contributed by atoms with Gasteiger partial charge in [-0.1, -0.05) is 54.6 Å². The van der Waals surface area contributed by atoms with Gasteiger partial charge in [0.05, 0.1) is 12.1 Å². The van der Waals surface area contributed by atoms with Gasteiger partial charge in [-0.3, -0.25) is 0 Å². The van der Waals surface area contributed by atoms with E-state index in [-0.39, 0.29) is 12.1 Å². The number of benzene rings is 2. The number of rotatable bonds is 0. The molecule has 0 unspecified atom stereocenters. The molecule has 0 atom stereocenters. The Morgan fingerprint density at radius 3 is 1.69 bits per heavy atom. The molecule has 0 spiro atoms. The molecule has 0 radical (unpaired) electrons. The third kappa shape index (κ3) is 5.45. The van der Waals surface area contributed by atoms with Gasteiger partial charge in [0.2, 0.25) is 0 Å². The van der Waals surface area contributed by atoms with Crippen molar-refractivity contribution >= 4 is 23.2 Å². The molecular formula is C21H27Cl2NO2. The van der Waals surface area contributed by atoms with Crippen molar-refractivity contribution in [2.45, 2.75) is 50.7 Å². The third-order valence-electron chi connectivity index (χ3n) is 4.84. The summed E-state index contributed by atoms with van der Waals surface area (Å²) in [6.07, 6.45) is 6.77. The molecule has 5 heteroatoms. The Hall–Kier alpha value is -1.10. The molecule has 2 aliphatic carbocycles. The summed E-state index contributed by atoms with van der Waals surface area (Å²) in [6.45, 7) is 0. The van der Waals surface area contributed by atoms with E-state index in [1.54, 1.807) is 0 Å². The first-order chi connectivity index (χ1) is 12.5. The first-order valence-corrected chi connectivity index (χ1v) is 9.75. The van der Waals surface area contributed by atoms with Crippen LogP contribution in [0.2, 0.25) is 10.0 Å².